The van der Waals surface area contributed by atoms with Crippen molar-refractivity contribution >= 4 is 21.6 Å². The zero-order valence-electron chi connectivity index (χ0n) is 13.4. The van der Waals surface area contributed by atoms with Gasteiger partial charge in [0.25, 0.3) is 0 Å². The van der Waals surface area contributed by atoms with Gasteiger partial charge in [0.1, 0.15) is 5.75 Å². The molecule has 2 aromatic rings. The van der Waals surface area contributed by atoms with Crippen molar-refractivity contribution in [1.29, 1.82) is 0 Å². The minimum Gasteiger partial charge on any atom is -0.497 e. The molecule has 2 rings (SSSR count). The molecule has 0 bridgehead atoms. The number of rotatable bonds is 7. The van der Waals surface area contributed by atoms with Crippen LogP contribution in [-0.4, -0.2) is 32.6 Å². The highest BCUT2D eigenvalue weighted by molar-refractivity contribution is 7.89. The number of aryl methyl sites for hydroxylation is 1. The van der Waals surface area contributed by atoms with E-state index in [1.807, 2.05) is 6.92 Å². The Kier molecular flexibility index (Phi) is 6.23. The maximum Gasteiger partial charge on any atom is 0.241 e. The third kappa shape index (κ3) is 4.48. The first-order chi connectivity index (χ1) is 11.4. The van der Waals surface area contributed by atoms with Crippen molar-refractivity contribution in [1.82, 2.24) is 4.72 Å². The Balaban J connectivity index is 2.32. The van der Waals surface area contributed by atoms with Gasteiger partial charge in [0.15, 0.2) is 0 Å². The number of benzene rings is 2. The molecule has 7 heteroatoms. The first kappa shape index (κ1) is 18.7. The van der Waals surface area contributed by atoms with E-state index in [1.54, 1.807) is 43.5 Å². The number of nitrogens with one attached hydrogen (secondary N) is 1. The fourth-order valence-corrected chi connectivity index (χ4v) is 3.77. The molecular formula is C17H20ClNO4S. The number of aliphatic hydroxyl groups excluding tert-OH is 1. The lowest BCUT2D eigenvalue weighted by Crippen LogP contribution is -2.35. The second-order valence-corrected chi connectivity index (χ2v) is 7.66. The molecule has 0 radical (unpaired) electrons. The number of aliphatic hydroxyl groups is 1. The maximum atomic E-state index is 12.6. The monoisotopic (exact) mass is 369 g/mol. The van der Waals surface area contributed by atoms with E-state index in [0.29, 0.717) is 11.3 Å². The Hall–Kier alpha value is -1.60. The number of methoxy groups -OCH3 is 1. The van der Waals surface area contributed by atoms with Crippen LogP contribution in [0.4, 0.5) is 0 Å². The maximum absolute atomic E-state index is 12.6. The fourth-order valence-electron chi connectivity index (χ4n) is 2.22. The van der Waals surface area contributed by atoms with E-state index >= 15 is 0 Å². The summed E-state index contributed by atoms with van der Waals surface area (Å²) in [5.41, 5.74) is 1.60. The molecule has 0 aliphatic rings. The number of hydrogen-bond donors (Lipinski definition) is 2. The largest absolute Gasteiger partial charge is 0.497 e. The molecule has 2 aromatic carbocycles. The molecule has 2 N–H and O–H groups in total. The molecule has 0 unspecified atom stereocenters. The lowest BCUT2D eigenvalue weighted by molar-refractivity contribution is 0.276. The first-order valence-electron chi connectivity index (χ1n) is 7.35. The van der Waals surface area contributed by atoms with E-state index in [2.05, 4.69) is 4.72 Å². The van der Waals surface area contributed by atoms with Gasteiger partial charge in [0, 0.05) is 0 Å². The molecule has 0 saturated carbocycles. The number of halogens is 1. The van der Waals surface area contributed by atoms with Crippen molar-refractivity contribution in [2.75, 3.05) is 13.7 Å². The molecule has 130 valence electrons. The van der Waals surface area contributed by atoms with Gasteiger partial charge in [-0.15, -0.1) is 11.6 Å². The molecular weight excluding hydrogens is 350 g/mol. The van der Waals surface area contributed by atoms with E-state index in [-0.39, 0.29) is 11.5 Å². The van der Waals surface area contributed by atoms with Crippen LogP contribution in [0.1, 0.15) is 17.2 Å². The molecule has 0 heterocycles. The number of sulfonamides is 1. The second kappa shape index (κ2) is 7.98. The highest BCUT2D eigenvalue weighted by Gasteiger charge is 2.27. The zero-order valence-corrected chi connectivity index (χ0v) is 15.0. The van der Waals surface area contributed by atoms with Crippen molar-refractivity contribution in [2.24, 2.45) is 0 Å². The summed E-state index contributed by atoms with van der Waals surface area (Å²) in [4.78, 5) is 0.147. The Morgan fingerprint density at radius 1 is 1.12 bits per heavy atom. The molecule has 0 spiro atoms. The Bertz CT molecular complexity index is 760. The van der Waals surface area contributed by atoms with E-state index in [9.17, 15) is 13.5 Å². The van der Waals surface area contributed by atoms with Crippen molar-refractivity contribution in [3.05, 3.63) is 59.7 Å². The van der Waals surface area contributed by atoms with Crippen LogP contribution in [0.3, 0.4) is 0 Å². The van der Waals surface area contributed by atoms with Gasteiger partial charge in [0.05, 0.1) is 30.0 Å². The van der Waals surface area contributed by atoms with Gasteiger partial charge < -0.3 is 9.84 Å². The van der Waals surface area contributed by atoms with Crippen LogP contribution in [0.2, 0.25) is 0 Å². The molecule has 0 fully saturated rings. The number of alkyl halides is 1. The summed E-state index contributed by atoms with van der Waals surface area (Å²) in [6.07, 6.45) is 0. The van der Waals surface area contributed by atoms with Crippen LogP contribution >= 0.6 is 11.6 Å². The highest BCUT2D eigenvalue weighted by Crippen LogP contribution is 2.25. The first-order valence-corrected chi connectivity index (χ1v) is 9.27. The topological polar surface area (TPSA) is 75.6 Å². The van der Waals surface area contributed by atoms with Gasteiger partial charge in [-0.1, -0.05) is 29.8 Å². The predicted molar refractivity (Wildman–Crippen MR) is 94.0 cm³/mol. The van der Waals surface area contributed by atoms with Gasteiger partial charge in [0.2, 0.25) is 10.0 Å². The van der Waals surface area contributed by atoms with Gasteiger partial charge in [-0.3, -0.25) is 0 Å². The van der Waals surface area contributed by atoms with Crippen LogP contribution in [0.15, 0.2) is 53.4 Å². The summed E-state index contributed by atoms with van der Waals surface area (Å²) in [5, 5.41) is 8.57. The number of ether oxygens (including phenoxy) is 1. The van der Waals surface area contributed by atoms with Crippen LogP contribution in [0.25, 0.3) is 0 Å². The average Bonchev–Trinajstić information content (AvgIpc) is 2.59. The summed E-state index contributed by atoms with van der Waals surface area (Å²) < 4.78 is 32.9. The summed E-state index contributed by atoms with van der Waals surface area (Å²) in [5.74, 6) is 0.647. The Morgan fingerprint density at radius 3 is 2.21 bits per heavy atom. The molecule has 5 nitrogen and oxygen atoms in total. The van der Waals surface area contributed by atoms with E-state index in [0.717, 1.165) is 5.56 Å². The minimum atomic E-state index is -3.77. The smallest absolute Gasteiger partial charge is 0.241 e. The van der Waals surface area contributed by atoms with E-state index < -0.39 is 21.4 Å². The lowest BCUT2D eigenvalue weighted by atomic mass is 10.0. The Morgan fingerprint density at radius 2 is 1.71 bits per heavy atom. The van der Waals surface area contributed by atoms with Crippen molar-refractivity contribution in [2.45, 2.75) is 23.2 Å². The standard InChI is InChI=1S/C17H20ClNO4S/c1-12-3-9-15(10-4-12)24(21,22)19-17(16(18)11-20)13-5-7-14(23-2)8-6-13/h3-10,16-17,19-20H,11H2,1-2H3/t16-,17+/m0/s1. The fraction of sp³-hybridized carbons (Fsp3) is 0.294. The molecule has 2 atom stereocenters. The lowest BCUT2D eigenvalue weighted by Gasteiger charge is -2.23. The zero-order chi connectivity index (χ0) is 17.7. The molecule has 0 aliphatic carbocycles. The van der Waals surface area contributed by atoms with Crippen LogP contribution < -0.4 is 9.46 Å². The summed E-state index contributed by atoms with van der Waals surface area (Å²) in [6.45, 7) is 1.51. The van der Waals surface area contributed by atoms with Gasteiger partial charge in [-0.25, -0.2) is 13.1 Å². The van der Waals surface area contributed by atoms with Crippen molar-refractivity contribution in [3.63, 3.8) is 0 Å². The summed E-state index contributed by atoms with van der Waals surface area (Å²) in [6, 6.07) is 12.6. The molecule has 0 saturated heterocycles. The Labute approximate surface area is 147 Å². The normalized spacial score (nSPS) is 14.2. The molecule has 0 amide bonds. The van der Waals surface area contributed by atoms with Crippen LogP contribution in [0, 0.1) is 6.92 Å². The van der Waals surface area contributed by atoms with Crippen molar-refractivity contribution < 1.29 is 18.3 Å². The highest BCUT2D eigenvalue weighted by atomic mass is 35.5. The third-order valence-electron chi connectivity index (χ3n) is 3.62. The SMILES string of the molecule is COc1ccc([C@@H](NS(=O)(=O)c2ccc(C)cc2)[C@@H](Cl)CO)cc1. The van der Waals surface area contributed by atoms with Crippen LogP contribution in [-0.2, 0) is 10.0 Å². The summed E-state index contributed by atoms with van der Waals surface area (Å²) in [7, 11) is -2.23. The molecule has 0 aromatic heterocycles. The third-order valence-corrected chi connectivity index (χ3v) is 5.47. The van der Waals surface area contributed by atoms with Crippen LogP contribution in [0.5, 0.6) is 5.75 Å². The number of hydrogen-bond acceptors (Lipinski definition) is 4. The van der Waals surface area contributed by atoms with E-state index in [4.69, 9.17) is 16.3 Å². The quantitative estimate of drug-likeness (QED) is 0.735. The van der Waals surface area contributed by atoms with Crippen molar-refractivity contribution in [3.8, 4) is 5.75 Å². The molecule has 0 aliphatic heterocycles. The predicted octanol–water partition coefficient (Wildman–Crippen LogP) is 2.62. The minimum absolute atomic E-state index is 0.147. The second-order valence-electron chi connectivity index (χ2n) is 5.38. The molecule has 24 heavy (non-hydrogen) atoms. The van der Waals surface area contributed by atoms with E-state index in [1.165, 1.54) is 12.1 Å². The average molecular weight is 370 g/mol. The van der Waals surface area contributed by atoms with Gasteiger partial charge in [-0.2, -0.15) is 0 Å². The van der Waals surface area contributed by atoms with Gasteiger partial charge >= 0.3 is 0 Å². The summed E-state index contributed by atoms with van der Waals surface area (Å²) >= 11 is 6.15. The van der Waals surface area contributed by atoms with Gasteiger partial charge in [-0.05, 0) is 36.8 Å².